The van der Waals surface area contributed by atoms with E-state index in [9.17, 15) is 4.79 Å². The minimum absolute atomic E-state index is 0.255. The van der Waals surface area contributed by atoms with Crippen LogP contribution in [0.15, 0.2) is 53.0 Å². The van der Waals surface area contributed by atoms with Crippen molar-refractivity contribution in [1.29, 1.82) is 0 Å². The number of halogens is 3. The predicted molar refractivity (Wildman–Crippen MR) is 88.3 cm³/mol. The third kappa shape index (κ3) is 4.37. The Hall–Kier alpha value is -1.29. The van der Waals surface area contributed by atoms with Crippen molar-refractivity contribution in [3.8, 4) is 0 Å². The zero-order valence-corrected chi connectivity index (χ0v) is 13.3. The van der Waals surface area contributed by atoms with Crippen molar-refractivity contribution in [2.45, 2.75) is 0 Å². The van der Waals surface area contributed by atoms with Gasteiger partial charge in [0.1, 0.15) is 0 Å². The van der Waals surface area contributed by atoms with Crippen molar-refractivity contribution < 1.29 is 4.79 Å². The Balaban J connectivity index is 2.05. The summed E-state index contributed by atoms with van der Waals surface area (Å²) in [7, 11) is 0. The molecule has 0 unspecified atom stereocenters. The molecule has 0 aliphatic heterocycles. The molecular weight excluding hydrogens is 361 g/mol. The Morgan fingerprint density at radius 1 is 1.15 bits per heavy atom. The van der Waals surface area contributed by atoms with E-state index in [2.05, 4.69) is 21.2 Å². The van der Waals surface area contributed by atoms with E-state index >= 15 is 0 Å². The SMILES string of the molecule is O=C(/C=C/c1cccc(Br)c1)Nc1ccc(Cl)cc1Cl. The highest BCUT2D eigenvalue weighted by atomic mass is 79.9. The van der Waals surface area contributed by atoms with Gasteiger partial charge in [0.05, 0.1) is 10.7 Å². The van der Waals surface area contributed by atoms with Gasteiger partial charge in [-0.3, -0.25) is 4.79 Å². The molecule has 1 amide bonds. The van der Waals surface area contributed by atoms with E-state index < -0.39 is 0 Å². The van der Waals surface area contributed by atoms with Crippen LogP contribution in [0, 0.1) is 0 Å². The van der Waals surface area contributed by atoms with Gasteiger partial charge in [-0.25, -0.2) is 0 Å². The fourth-order valence-corrected chi connectivity index (χ4v) is 2.42. The molecule has 0 atom stereocenters. The maximum absolute atomic E-state index is 11.8. The number of benzene rings is 2. The zero-order valence-electron chi connectivity index (χ0n) is 10.2. The lowest BCUT2D eigenvalue weighted by Gasteiger charge is -2.04. The normalized spacial score (nSPS) is 10.8. The second kappa shape index (κ2) is 6.93. The van der Waals surface area contributed by atoms with Crippen LogP contribution in [0.4, 0.5) is 5.69 Å². The van der Waals surface area contributed by atoms with E-state index in [1.807, 2.05) is 24.3 Å². The summed E-state index contributed by atoms with van der Waals surface area (Å²) in [6.45, 7) is 0. The molecule has 0 spiro atoms. The number of anilines is 1. The Kier molecular flexibility index (Phi) is 5.24. The molecule has 102 valence electrons. The van der Waals surface area contributed by atoms with Crippen LogP contribution in [0.25, 0.3) is 6.08 Å². The van der Waals surface area contributed by atoms with E-state index in [4.69, 9.17) is 23.2 Å². The summed E-state index contributed by atoms with van der Waals surface area (Å²) >= 11 is 15.2. The number of hydrogen-bond acceptors (Lipinski definition) is 1. The van der Waals surface area contributed by atoms with Crippen LogP contribution in [0.3, 0.4) is 0 Å². The molecule has 2 rings (SSSR count). The van der Waals surface area contributed by atoms with Gasteiger partial charge in [0.15, 0.2) is 0 Å². The van der Waals surface area contributed by atoms with Gasteiger partial charge in [-0.15, -0.1) is 0 Å². The van der Waals surface area contributed by atoms with Crippen LogP contribution < -0.4 is 5.32 Å². The molecule has 0 fully saturated rings. The van der Waals surface area contributed by atoms with Gasteiger partial charge in [-0.2, -0.15) is 0 Å². The van der Waals surface area contributed by atoms with Gasteiger partial charge < -0.3 is 5.32 Å². The van der Waals surface area contributed by atoms with Gasteiger partial charge in [-0.05, 0) is 42.0 Å². The first-order valence-electron chi connectivity index (χ1n) is 5.74. The monoisotopic (exact) mass is 369 g/mol. The third-order valence-corrected chi connectivity index (χ3v) is 3.51. The Bertz CT molecular complexity index is 671. The molecule has 0 saturated carbocycles. The van der Waals surface area contributed by atoms with Crippen LogP contribution in [0.2, 0.25) is 10.0 Å². The molecule has 2 aromatic rings. The summed E-state index contributed by atoms with van der Waals surface area (Å²) in [6, 6.07) is 12.6. The molecule has 20 heavy (non-hydrogen) atoms. The van der Waals surface area contributed by atoms with E-state index in [-0.39, 0.29) is 5.91 Å². The fraction of sp³-hybridized carbons (Fsp3) is 0. The number of rotatable bonds is 3. The molecule has 1 N–H and O–H groups in total. The molecule has 2 nitrogen and oxygen atoms in total. The first-order valence-corrected chi connectivity index (χ1v) is 7.29. The minimum Gasteiger partial charge on any atom is -0.321 e. The van der Waals surface area contributed by atoms with E-state index in [0.717, 1.165) is 10.0 Å². The lowest BCUT2D eigenvalue weighted by Crippen LogP contribution is -2.08. The zero-order chi connectivity index (χ0) is 14.5. The molecule has 0 heterocycles. The predicted octanol–water partition coefficient (Wildman–Crippen LogP) is 5.41. The highest BCUT2D eigenvalue weighted by molar-refractivity contribution is 9.10. The number of nitrogens with one attached hydrogen (secondary N) is 1. The van der Waals surface area contributed by atoms with Gasteiger partial charge in [0.2, 0.25) is 5.91 Å². The highest BCUT2D eigenvalue weighted by Gasteiger charge is 2.03. The lowest BCUT2D eigenvalue weighted by atomic mass is 10.2. The molecule has 0 saturated heterocycles. The largest absolute Gasteiger partial charge is 0.321 e. The molecule has 0 bridgehead atoms. The van der Waals surface area contributed by atoms with Gasteiger partial charge in [0.25, 0.3) is 0 Å². The van der Waals surface area contributed by atoms with E-state index in [1.54, 1.807) is 24.3 Å². The molecule has 5 heteroatoms. The minimum atomic E-state index is -0.255. The van der Waals surface area contributed by atoms with Crippen LogP contribution in [0.1, 0.15) is 5.56 Å². The van der Waals surface area contributed by atoms with Crippen molar-refractivity contribution in [1.82, 2.24) is 0 Å². The maximum Gasteiger partial charge on any atom is 0.248 e. The summed E-state index contributed by atoms with van der Waals surface area (Å²) < 4.78 is 0.959. The van der Waals surface area contributed by atoms with Crippen LogP contribution >= 0.6 is 39.1 Å². The second-order valence-electron chi connectivity index (χ2n) is 4.00. The van der Waals surface area contributed by atoms with E-state index in [0.29, 0.717) is 15.7 Å². The van der Waals surface area contributed by atoms with Crippen molar-refractivity contribution in [2.75, 3.05) is 5.32 Å². The van der Waals surface area contributed by atoms with Crippen molar-refractivity contribution in [2.24, 2.45) is 0 Å². The van der Waals surface area contributed by atoms with Crippen LogP contribution in [0.5, 0.6) is 0 Å². The summed E-state index contributed by atoms with van der Waals surface area (Å²) in [5.41, 5.74) is 1.46. The Morgan fingerprint density at radius 3 is 2.65 bits per heavy atom. The smallest absolute Gasteiger partial charge is 0.248 e. The van der Waals surface area contributed by atoms with Crippen molar-refractivity contribution in [3.05, 3.63) is 68.6 Å². The summed E-state index contributed by atoms with van der Waals surface area (Å²) in [6.07, 6.45) is 3.18. The summed E-state index contributed by atoms with van der Waals surface area (Å²) in [4.78, 5) is 11.8. The van der Waals surface area contributed by atoms with Crippen molar-refractivity contribution >= 4 is 56.8 Å². The lowest BCUT2D eigenvalue weighted by molar-refractivity contribution is -0.111. The maximum atomic E-state index is 11.8. The van der Waals surface area contributed by atoms with E-state index in [1.165, 1.54) is 6.08 Å². The topological polar surface area (TPSA) is 29.1 Å². The van der Waals surface area contributed by atoms with Gasteiger partial charge >= 0.3 is 0 Å². The van der Waals surface area contributed by atoms with Crippen molar-refractivity contribution in [3.63, 3.8) is 0 Å². The average molecular weight is 371 g/mol. The quantitative estimate of drug-likeness (QED) is 0.719. The summed E-state index contributed by atoms with van der Waals surface area (Å²) in [5, 5.41) is 3.62. The number of carbonyl (C=O) groups excluding carboxylic acids is 1. The number of hydrogen-bond donors (Lipinski definition) is 1. The number of amides is 1. The third-order valence-electron chi connectivity index (χ3n) is 2.46. The van der Waals surface area contributed by atoms with Crippen LogP contribution in [-0.4, -0.2) is 5.91 Å². The second-order valence-corrected chi connectivity index (χ2v) is 5.76. The standard InChI is InChI=1S/C15H10BrCl2NO/c16-11-3-1-2-10(8-11)4-7-15(20)19-14-6-5-12(17)9-13(14)18/h1-9H,(H,19,20)/b7-4+. The highest BCUT2D eigenvalue weighted by Crippen LogP contribution is 2.25. The molecule has 0 radical (unpaired) electrons. The Morgan fingerprint density at radius 2 is 1.95 bits per heavy atom. The van der Waals surface area contributed by atoms with Gasteiger partial charge in [0, 0.05) is 15.6 Å². The number of carbonyl (C=O) groups is 1. The van der Waals surface area contributed by atoms with Gasteiger partial charge in [-0.1, -0.05) is 51.3 Å². The first-order chi connectivity index (χ1) is 9.54. The molecule has 0 aliphatic carbocycles. The molecule has 2 aromatic carbocycles. The molecule has 0 aliphatic rings. The Labute approximate surface area is 135 Å². The van der Waals surface area contributed by atoms with Crippen LogP contribution in [-0.2, 0) is 4.79 Å². The fourth-order valence-electron chi connectivity index (χ4n) is 1.55. The average Bonchev–Trinajstić information content (AvgIpc) is 2.40. The summed E-state index contributed by atoms with van der Waals surface area (Å²) in [5.74, 6) is -0.255. The molecule has 0 aromatic heterocycles. The molecular formula is C15H10BrCl2NO. The first kappa shape index (κ1) is 15.1.